The van der Waals surface area contributed by atoms with Crippen molar-refractivity contribution in [2.75, 3.05) is 17.3 Å². The minimum Gasteiger partial charge on any atom is -0.329 e. The third-order valence-electron chi connectivity index (χ3n) is 4.16. The molecule has 4 aromatic rings. The fourth-order valence-corrected chi connectivity index (χ4v) is 3.52. The smallest absolute Gasteiger partial charge is 0.230 e. The van der Waals surface area contributed by atoms with Crippen LogP contribution in [-0.2, 0) is 0 Å². The van der Waals surface area contributed by atoms with Gasteiger partial charge in [0.15, 0.2) is 0 Å². The van der Waals surface area contributed by atoms with Crippen molar-refractivity contribution in [3.8, 4) is 0 Å². The number of fused-ring (bicyclic) bond motifs is 1. The van der Waals surface area contributed by atoms with Gasteiger partial charge < -0.3 is 10.2 Å². The average molecular weight is 346 g/mol. The number of anilines is 4. The Morgan fingerprint density at radius 1 is 0.920 bits per heavy atom. The van der Waals surface area contributed by atoms with E-state index in [-0.39, 0.29) is 0 Å². The Bertz CT molecular complexity index is 1010. The molecule has 0 spiro atoms. The molecule has 0 aliphatic rings. The molecule has 5 heteroatoms. The van der Waals surface area contributed by atoms with Crippen LogP contribution in [0.5, 0.6) is 0 Å². The highest BCUT2D eigenvalue weighted by Gasteiger charge is 2.14. The largest absolute Gasteiger partial charge is 0.329 e. The zero-order valence-corrected chi connectivity index (χ0v) is 14.9. The average Bonchev–Trinajstić information content (AvgIpc) is 3.12. The van der Waals surface area contributed by atoms with E-state index in [4.69, 9.17) is 4.98 Å². The number of thiophene rings is 1. The summed E-state index contributed by atoms with van der Waals surface area (Å²) in [6.45, 7) is 2.07. The van der Waals surface area contributed by atoms with Gasteiger partial charge >= 0.3 is 0 Å². The fourth-order valence-electron chi connectivity index (χ4n) is 2.76. The van der Waals surface area contributed by atoms with Crippen LogP contribution in [0.2, 0.25) is 0 Å². The lowest BCUT2D eigenvalue weighted by Gasteiger charge is -2.20. The molecule has 0 saturated heterocycles. The van der Waals surface area contributed by atoms with Crippen molar-refractivity contribution in [3.05, 3.63) is 71.6 Å². The maximum atomic E-state index is 4.80. The van der Waals surface area contributed by atoms with Gasteiger partial charge in [0.1, 0.15) is 10.6 Å². The summed E-state index contributed by atoms with van der Waals surface area (Å²) in [5, 5.41) is 6.48. The maximum absolute atomic E-state index is 4.80. The van der Waals surface area contributed by atoms with Gasteiger partial charge in [0.05, 0.1) is 5.39 Å². The Labute approximate surface area is 150 Å². The van der Waals surface area contributed by atoms with Crippen LogP contribution in [-0.4, -0.2) is 17.0 Å². The SMILES string of the molecule is Cc1ccccc1Nc1nc(N(C)c2ccccc2)c2ccsc2n1. The zero-order chi connectivity index (χ0) is 17.2. The molecule has 0 amide bonds. The van der Waals surface area contributed by atoms with E-state index < -0.39 is 0 Å². The van der Waals surface area contributed by atoms with E-state index in [0.717, 1.165) is 33.0 Å². The minimum atomic E-state index is 0.613. The Balaban J connectivity index is 1.79. The lowest BCUT2D eigenvalue weighted by molar-refractivity contribution is 1.12. The molecule has 4 rings (SSSR count). The van der Waals surface area contributed by atoms with Crippen molar-refractivity contribution < 1.29 is 0 Å². The first-order chi connectivity index (χ1) is 12.2. The first kappa shape index (κ1) is 15.6. The van der Waals surface area contributed by atoms with Gasteiger partial charge in [-0.05, 0) is 42.1 Å². The third-order valence-corrected chi connectivity index (χ3v) is 4.96. The number of benzene rings is 2. The Morgan fingerprint density at radius 3 is 2.48 bits per heavy atom. The molecule has 4 nitrogen and oxygen atoms in total. The Hall–Kier alpha value is -2.92. The van der Waals surface area contributed by atoms with Crippen molar-refractivity contribution in [1.82, 2.24) is 9.97 Å². The highest BCUT2D eigenvalue weighted by Crippen LogP contribution is 2.33. The molecule has 25 heavy (non-hydrogen) atoms. The molecule has 2 aromatic carbocycles. The summed E-state index contributed by atoms with van der Waals surface area (Å²) < 4.78 is 0. The Morgan fingerprint density at radius 2 is 1.68 bits per heavy atom. The fraction of sp³-hybridized carbons (Fsp3) is 0.100. The second-order valence-corrected chi connectivity index (χ2v) is 6.74. The quantitative estimate of drug-likeness (QED) is 0.529. The molecule has 0 aliphatic carbocycles. The molecule has 0 fully saturated rings. The van der Waals surface area contributed by atoms with Crippen molar-refractivity contribution in [2.24, 2.45) is 0 Å². The normalized spacial score (nSPS) is 10.8. The van der Waals surface area contributed by atoms with Crippen molar-refractivity contribution in [2.45, 2.75) is 6.92 Å². The molecular weight excluding hydrogens is 328 g/mol. The molecule has 124 valence electrons. The summed E-state index contributed by atoms with van der Waals surface area (Å²) in [5.74, 6) is 1.51. The summed E-state index contributed by atoms with van der Waals surface area (Å²) in [6, 6.07) is 20.5. The summed E-state index contributed by atoms with van der Waals surface area (Å²) in [7, 11) is 2.03. The summed E-state index contributed by atoms with van der Waals surface area (Å²) in [6.07, 6.45) is 0. The van der Waals surface area contributed by atoms with Gasteiger partial charge in [-0.25, -0.2) is 4.98 Å². The van der Waals surface area contributed by atoms with Gasteiger partial charge in [-0.3, -0.25) is 0 Å². The number of para-hydroxylation sites is 2. The maximum Gasteiger partial charge on any atom is 0.230 e. The van der Waals surface area contributed by atoms with Crippen molar-refractivity contribution >= 4 is 44.7 Å². The highest BCUT2D eigenvalue weighted by molar-refractivity contribution is 7.16. The predicted molar refractivity (Wildman–Crippen MR) is 106 cm³/mol. The van der Waals surface area contributed by atoms with Crippen LogP contribution < -0.4 is 10.2 Å². The number of nitrogens with zero attached hydrogens (tertiary/aromatic N) is 3. The highest BCUT2D eigenvalue weighted by atomic mass is 32.1. The monoisotopic (exact) mass is 346 g/mol. The van der Waals surface area contributed by atoms with Gasteiger partial charge in [-0.15, -0.1) is 11.3 Å². The second kappa shape index (κ2) is 6.53. The summed E-state index contributed by atoms with van der Waals surface area (Å²) in [5.41, 5.74) is 3.28. The van der Waals surface area contributed by atoms with Crippen LogP contribution in [0.4, 0.5) is 23.1 Å². The van der Waals surface area contributed by atoms with E-state index >= 15 is 0 Å². The predicted octanol–water partition coefficient (Wildman–Crippen LogP) is 5.51. The molecule has 0 atom stereocenters. The van der Waals surface area contributed by atoms with Crippen LogP contribution in [0.3, 0.4) is 0 Å². The molecule has 0 bridgehead atoms. The number of aryl methyl sites for hydroxylation is 1. The third kappa shape index (κ3) is 3.06. The van der Waals surface area contributed by atoms with Gasteiger partial charge in [0, 0.05) is 18.4 Å². The number of rotatable bonds is 4. The van der Waals surface area contributed by atoms with E-state index in [0.29, 0.717) is 5.95 Å². The zero-order valence-electron chi connectivity index (χ0n) is 14.1. The first-order valence-electron chi connectivity index (χ1n) is 8.09. The second-order valence-electron chi connectivity index (χ2n) is 5.84. The first-order valence-corrected chi connectivity index (χ1v) is 8.97. The summed E-state index contributed by atoms with van der Waals surface area (Å²) >= 11 is 1.63. The van der Waals surface area contributed by atoms with E-state index in [2.05, 4.69) is 51.8 Å². The molecule has 1 N–H and O–H groups in total. The molecule has 0 radical (unpaired) electrons. The van der Waals surface area contributed by atoms with Crippen LogP contribution >= 0.6 is 11.3 Å². The van der Waals surface area contributed by atoms with E-state index in [1.807, 2.05) is 43.4 Å². The van der Waals surface area contributed by atoms with Gasteiger partial charge in [0.25, 0.3) is 0 Å². The number of nitrogens with one attached hydrogen (secondary N) is 1. The molecule has 2 aromatic heterocycles. The number of hydrogen-bond acceptors (Lipinski definition) is 5. The molecule has 2 heterocycles. The standard InChI is InChI=1S/C20H18N4S/c1-14-8-6-7-11-17(14)21-20-22-18(16-12-13-25-19(16)23-20)24(2)15-9-4-3-5-10-15/h3-13H,1-2H3,(H,21,22,23). The molecular formula is C20H18N4S. The van der Waals surface area contributed by atoms with E-state index in [9.17, 15) is 0 Å². The van der Waals surface area contributed by atoms with Crippen LogP contribution in [0.15, 0.2) is 66.0 Å². The molecule has 0 aliphatic heterocycles. The van der Waals surface area contributed by atoms with Crippen LogP contribution in [0, 0.1) is 6.92 Å². The van der Waals surface area contributed by atoms with Gasteiger partial charge in [0.2, 0.25) is 5.95 Å². The van der Waals surface area contributed by atoms with Crippen LogP contribution in [0.25, 0.3) is 10.2 Å². The molecule has 0 saturated carbocycles. The van der Waals surface area contributed by atoms with Crippen LogP contribution in [0.1, 0.15) is 5.56 Å². The lowest BCUT2D eigenvalue weighted by atomic mass is 10.2. The minimum absolute atomic E-state index is 0.613. The van der Waals surface area contributed by atoms with E-state index in [1.165, 1.54) is 0 Å². The van der Waals surface area contributed by atoms with Crippen molar-refractivity contribution in [1.29, 1.82) is 0 Å². The lowest BCUT2D eigenvalue weighted by Crippen LogP contribution is -2.13. The van der Waals surface area contributed by atoms with E-state index in [1.54, 1.807) is 11.3 Å². The van der Waals surface area contributed by atoms with Crippen molar-refractivity contribution in [3.63, 3.8) is 0 Å². The van der Waals surface area contributed by atoms with Gasteiger partial charge in [-0.1, -0.05) is 36.4 Å². The van der Waals surface area contributed by atoms with Gasteiger partial charge in [-0.2, -0.15) is 4.98 Å². The summed E-state index contributed by atoms with van der Waals surface area (Å²) in [4.78, 5) is 12.5. The number of hydrogen-bond donors (Lipinski definition) is 1. The Kier molecular flexibility index (Phi) is 4.07. The topological polar surface area (TPSA) is 41.1 Å². The molecule has 0 unspecified atom stereocenters. The number of aromatic nitrogens is 2.